The second-order valence-corrected chi connectivity index (χ2v) is 10.6. The SMILES string of the molecule is CN(C(=O)c1cc(S(=O)(=O)N(C)C)ccc1N1CCOCC1)C1CCCCCCC1. The lowest BCUT2D eigenvalue weighted by Crippen LogP contribution is -2.40. The summed E-state index contributed by atoms with van der Waals surface area (Å²) in [5.74, 6) is -0.0992. The number of morpholine rings is 1. The summed E-state index contributed by atoms with van der Waals surface area (Å²) in [6.07, 6.45) is 7.98. The van der Waals surface area contributed by atoms with E-state index in [2.05, 4.69) is 4.90 Å². The van der Waals surface area contributed by atoms with E-state index in [1.54, 1.807) is 18.2 Å². The van der Waals surface area contributed by atoms with Crippen molar-refractivity contribution >= 4 is 21.6 Å². The summed E-state index contributed by atoms with van der Waals surface area (Å²) in [4.78, 5) is 17.7. The van der Waals surface area contributed by atoms with Crippen molar-refractivity contribution in [2.24, 2.45) is 0 Å². The van der Waals surface area contributed by atoms with Gasteiger partial charge in [0, 0.05) is 46.0 Å². The zero-order valence-corrected chi connectivity index (χ0v) is 19.3. The number of rotatable bonds is 5. The minimum atomic E-state index is -3.62. The summed E-state index contributed by atoms with van der Waals surface area (Å²) in [5, 5.41) is 0. The topological polar surface area (TPSA) is 70.2 Å². The maximum atomic E-state index is 13.6. The van der Waals surface area contributed by atoms with E-state index in [0.717, 1.165) is 31.4 Å². The van der Waals surface area contributed by atoms with Gasteiger partial charge in [0.1, 0.15) is 0 Å². The number of benzene rings is 1. The molecule has 0 unspecified atom stereocenters. The highest BCUT2D eigenvalue weighted by Crippen LogP contribution is 2.29. The summed E-state index contributed by atoms with van der Waals surface area (Å²) in [6, 6.07) is 5.14. The molecule has 1 aromatic carbocycles. The van der Waals surface area contributed by atoms with Gasteiger partial charge in [-0.15, -0.1) is 0 Å². The van der Waals surface area contributed by atoms with Gasteiger partial charge in [-0.05, 0) is 31.0 Å². The van der Waals surface area contributed by atoms with Crippen LogP contribution in [0.4, 0.5) is 5.69 Å². The van der Waals surface area contributed by atoms with Crippen molar-refractivity contribution in [3.05, 3.63) is 23.8 Å². The van der Waals surface area contributed by atoms with Crippen LogP contribution in [0.1, 0.15) is 55.3 Å². The third-order valence-electron chi connectivity index (χ3n) is 6.27. The molecule has 0 spiro atoms. The van der Waals surface area contributed by atoms with Gasteiger partial charge in [-0.25, -0.2) is 12.7 Å². The Labute approximate surface area is 181 Å². The number of anilines is 1. The van der Waals surface area contributed by atoms with Crippen molar-refractivity contribution in [3.63, 3.8) is 0 Å². The Morgan fingerprint density at radius 2 is 1.60 bits per heavy atom. The predicted octanol–water partition coefficient (Wildman–Crippen LogP) is 2.96. The van der Waals surface area contributed by atoms with E-state index in [1.165, 1.54) is 37.7 Å². The van der Waals surface area contributed by atoms with E-state index in [9.17, 15) is 13.2 Å². The summed E-state index contributed by atoms with van der Waals surface area (Å²) in [5.41, 5.74) is 1.25. The molecule has 0 atom stereocenters. The van der Waals surface area contributed by atoms with Crippen LogP contribution in [0, 0.1) is 0 Å². The van der Waals surface area contributed by atoms with Gasteiger partial charge in [0.15, 0.2) is 0 Å². The molecule has 7 nitrogen and oxygen atoms in total. The molecule has 1 aliphatic carbocycles. The number of carbonyl (C=O) groups excluding carboxylic acids is 1. The molecule has 168 valence electrons. The maximum absolute atomic E-state index is 13.6. The van der Waals surface area contributed by atoms with Gasteiger partial charge in [-0.3, -0.25) is 4.79 Å². The average molecular weight is 438 g/mol. The molecule has 2 aliphatic rings. The van der Waals surface area contributed by atoms with Crippen LogP contribution in [0.5, 0.6) is 0 Å². The van der Waals surface area contributed by atoms with Crippen LogP contribution in [0.25, 0.3) is 0 Å². The fourth-order valence-electron chi connectivity index (χ4n) is 4.32. The van der Waals surface area contributed by atoms with Gasteiger partial charge < -0.3 is 14.5 Å². The van der Waals surface area contributed by atoms with Crippen molar-refractivity contribution in [2.75, 3.05) is 52.3 Å². The molecule has 30 heavy (non-hydrogen) atoms. The average Bonchev–Trinajstić information content (AvgIpc) is 2.72. The van der Waals surface area contributed by atoms with E-state index < -0.39 is 10.0 Å². The number of nitrogens with zero attached hydrogens (tertiary/aromatic N) is 3. The lowest BCUT2D eigenvalue weighted by Gasteiger charge is -2.34. The van der Waals surface area contributed by atoms with Crippen molar-refractivity contribution in [2.45, 2.75) is 55.9 Å². The molecule has 3 rings (SSSR count). The van der Waals surface area contributed by atoms with Crippen LogP contribution in [0.3, 0.4) is 0 Å². The zero-order valence-electron chi connectivity index (χ0n) is 18.5. The quantitative estimate of drug-likeness (QED) is 0.708. The Kier molecular flexibility index (Phi) is 7.76. The van der Waals surface area contributed by atoms with Gasteiger partial charge in [-0.2, -0.15) is 0 Å². The van der Waals surface area contributed by atoms with Crippen LogP contribution in [-0.2, 0) is 14.8 Å². The van der Waals surface area contributed by atoms with Gasteiger partial charge in [-0.1, -0.05) is 32.1 Å². The molecule has 1 amide bonds. The summed E-state index contributed by atoms with van der Waals surface area (Å²) < 4.78 is 32.1. The number of amides is 1. The molecule has 0 bridgehead atoms. The van der Waals surface area contributed by atoms with Crippen LogP contribution < -0.4 is 4.90 Å². The molecule has 1 aromatic rings. The highest BCUT2D eigenvalue weighted by atomic mass is 32.2. The highest BCUT2D eigenvalue weighted by Gasteiger charge is 2.28. The second-order valence-electron chi connectivity index (χ2n) is 8.48. The first-order valence-corrected chi connectivity index (χ1v) is 12.4. The molecular weight excluding hydrogens is 402 g/mol. The van der Waals surface area contributed by atoms with Crippen LogP contribution in [-0.4, -0.2) is 77.0 Å². The van der Waals surface area contributed by atoms with Crippen molar-refractivity contribution in [1.29, 1.82) is 0 Å². The third kappa shape index (κ3) is 5.15. The van der Waals surface area contributed by atoms with Crippen LogP contribution in [0.2, 0.25) is 0 Å². The van der Waals surface area contributed by atoms with E-state index >= 15 is 0 Å². The van der Waals surface area contributed by atoms with E-state index in [4.69, 9.17) is 4.74 Å². The van der Waals surface area contributed by atoms with Gasteiger partial charge in [0.25, 0.3) is 5.91 Å². The fraction of sp³-hybridized carbons (Fsp3) is 0.682. The summed E-state index contributed by atoms with van der Waals surface area (Å²) in [6.45, 7) is 2.58. The Bertz CT molecular complexity index is 827. The molecule has 1 aliphatic heterocycles. The zero-order chi connectivity index (χ0) is 21.7. The standard InChI is InChI=1S/C22H35N3O4S/c1-23(2)30(27,28)19-11-12-21(25-13-15-29-16-14-25)20(17-19)22(26)24(3)18-9-7-5-4-6-8-10-18/h11-12,17-18H,4-10,13-16H2,1-3H3. The number of hydrogen-bond donors (Lipinski definition) is 0. The minimum absolute atomic E-state index is 0.0992. The summed E-state index contributed by atoms with van der Waals surface area (Å²) in [7, 11) is 1.26. The molecule has 1 saturated carbocycles. The summed E-state index contributed by atoms with van der Waals surface area (Å²) >= 11 is 0. The van der Waals surface area contributed by atoms with Crippen molar-refractivity contribution in [3.8, 4) is 0 Å². The third-order valence-corrected chi connectivity index (χ3v) is 8.08. The van der Waals surface area contributed by atoms with Crippen LogP contribution in [0.15, 0.2) is 23.1 Å². The Morgan fingerprint density at radius 3 is 2.20 bits per heavy atom. The Hall–Kier alpha value is -1.64. The molecular formula is C22H35N3O4S. The molecule has 0 aromatic heterocycles. The molecule has 0 radical (unpaired) electrons. The molecule has 1 heterocycles. The Balaban J connectivity index is 1.96. The number of carbonyl (C=O) groups is 1. The van der Waals surface area contributed by atoms with E-state index in [1.807, 2.05) is 11.9 Å². The molecule has 0 N–H and O–H groups in total. The first kappa shape index (κ1) is 23.0. The molecule has 2 fully saturated rings. The lowest BCUT2D eigenvalue weighted by molar-refractivity contribution is 0.0706. The minimum Gasteiger partial charge on any atom is -0.378 e. The second kappa shape index (κ2) is 10.1. The highest BCUT2D eigenvalue weighted by molar-refractivity contribution is 7.89. The largest absolute Gasteiger partial charge is 0.378 e. The lowest BCUT2D eigenvalue weighted by atomic mass is 9.95. The Morgan fingerprint density at radius 1 is 1.00 bits per heavy atom. The first-order valence-electron chi connectivity index (χ1n) is 11.0. The smallest absolute Gasteiger partial charge is 0.255 e. The van der Waals surface area contributed by atoms with Crippen molar-refractivity contribution in [1.82, 2.24) is 9.21 Å². The van der Waals surface area contributed by atoms with E-state index in [-0.39, 0.29) is 16.8 Å². The normalized spacial score (nSPS) is 19.4. The van der Waals surface area contributed by atoms with Gasteiger partial charge >= 0.3 is 0 Å². The van der Waals surface area contributed by atoms with Gasteiger partial charge in [0.2, 0.25) is 10.0 Å². The van der Waals surface area contributed by atoms with Crippen molar-refractivity contribution < 1.29 is 17.9 Å². The number of sulfonamides is 1. The predicted molar refractivity (Wildman–Crippen MR) is 119 cm³/mol. The number of ether oxygens (including phenoxy) is 1. The monoisotopic (exact) mass is 437 g/mol. The van der Waals surface area contributed by atoms with Gasteiger partial charge in [0.05, 0.1) is 23.7 Å². The maximum Gasteiger partial charge on any atom is 0.255 e. The van der Waals surface area contributed by atoms with E-state index in [0.29, 0.717) is 31.9 Å². The fourth-order valence-corrected chi connectivity index (χ4v) is 5.24. The first-order chi connectivity index (χ1) is 14.3. The number of hydrogen-bond acceptors (Lipinski definition) is 5. The van der Waals surface area contributed by atoms with Crippen LogP contribution >= 0.6 is 0 Å². The molecule has 1 saturated heterocycles. The molecule has 8 heteroatoms.